The first kappa shape index (κ1) is 14.3. The smallest absolute Gasteiger partial charge is 0.323 e. The maximum atomic E-state index is 13.6. The molecular weight excluding hydrogens is 281 g/mol. The molecule has 2 aromatic carbocycles. The first-order valence-electron chi connectivity index (χ1n) is 7.09. The molecule has 1 aromatic heterocycles. The average Bonchev–Trinajstić information content (AvgIpc) is 2.73. The Hall–Kier alpha value is -2.62. The number of hydrogen-bond acceptors (Lipinski definition) is 1. The van der Waals surface area contributed by atoms with E-state index in [2.05, 4.69) is 0 Å². The van der Waals surface area contributed by atoms with Gasteiger partial charge in [0.2, 0.25) is 0 Å². The van der Waals surface area contributed by atoms with Crippen LogP contribution >= 0.6 is 0 Å². The molecule has 1 heterocycles. The van der Waals surface area contributed by atoms with Crippen LogP contribution in [0.5, 0.6) is 0 Å². The molecule has 3 aromatic rings. The van der Waals surface area contributed by atoms with E-state index in [-0.39, 0.29) is 12.4 Å². The van der Waals surface area contributed by atoms with Gasteiger partial charge < -0.3 is 9.67 Å². The Balaban J connectivity index is 2.17. The van der Waals surface area contributed by atoms with E-state index in [1.54, 1.807) is 10.6 Å². The Morgan fingerprint density at radius 2 is 1.91 bits per heavy atom. The number of rotatable bonds is 4. The highest BCUT2D eigenvalue weighted by Gasteiger charge is 2.16. The Morgan fingerprint density at radius 3 is 2.59 bits per heavy atom. The highest BCUT2D eigenvalue weighted by atomic mass is 19.1. The number of nitrogens with zero attached hydrogens (tertiary/aromatic N) is 1. The molecule has 0 saturated heterocycles. The van der Waals surface area contributed by atoms with E-state index in [0.29, 0.717) is 6.42 Å². The van der Waals surface area contributed by atoms with Gasteiger partial charge in [0.1, 0.15) is 12.4 Å². The Bertz CT molecular complexity index is 837. The summed E-state index contributed by atoms with van der Waals surface area (Å²) in [5.41, 5.74) is 3.71. The van der Waals surface area contributed by atoms with E-state index in [1.807, 2.05) is 37.3 Å². The molecule has 0 amide bonds. The number of fused-ring (bicyclic) bond motifs is 1. The third-order valence-corrected chi connectivity index (χ3v) is 3.93. The van der Waals surface area contributed by atoms with Gasteiger partial charge in [0.15, 0.2) is 0 Å². The molecule has 0 saturated carbocycles. The molecule has 112 valence electrons. The zero-order valence-corrected chi connectivity index (χ0v) is 12.2. The lowest BCUT2D eigenvalue weighted by Gasteiger charge is -2.05. The summed E-state index contributed by atoms with van der Waals surface area (Å²) < 4.78 is 15.4. The number of halogens is 1. The summed E-state index contributed by atoms with van der Waals surface area (Å²) in [7, 11) is 0. The van der Waals surface area contributed by atoms with Crippen LogP contribution in [0.2, 0.25) is 0 Å². The van der Waals surface area contributed by atoms with E-state index < -0.39 is 5.97 Å². The molecule has 0 radical (unpaired) electrons. The molecule has 0 fully saturated rings. The summed E-state index contributed by atoms with van der Waals surface area (Å²) in [5, 5.41) is 9.89. The number of carbonyl (C=O) groups is 1. The van der Waals surface area contributed by atoms with E-state index >= 15 is 0 Å². The molecule has 22 heavy (non-hydrogen) atoms. The minimum Gasteiger partial charge on any atom is -0.480 e. The van der Waals surface area contributed by atoms with Crippen molar-refractivity contribution in [3.63, 3.8) is 0 Å². The zero-order valence-electron chi connectivity index (χ0n) is 12.2. The molecule has 0 bridgehead atoms. The van der Waals surface area contributed by atoms with Crippen LogP contribution < -0.4 is 0 Å². The number of aliphatic carboxylic acids is 1. The van der Waals surface area contributed by atoms with Crippen LogP contribution in [0.25, 0.3) is 10.9 Å². The number of carboxylic acids is 1. The Kier molecular flexibility index (Phi) is 3.67. The lowest BCUT2D eigenvalue weighted by Crippen LogP contribution is -2.10. The van der Waals surface area contributed by atoms with Crippen molar-refractivity contribution in [1.29, 1.82) is 0 Å². The standard InChI is InChI=1S/C18H16FNO2/c1-12-15(9-13-5-3-2-4-6-13)16-10-14(19)7-8-17(16)20(12)11-18(21)22/h2-8,10H,9,11H2,1H3,(H,21,22). The number of hydrogen-bond donors (Lipinski definition) is 1. The monoisotopic (exact) mass is 297 g/mol. The van der Waals surface area contributed by atoms with Gasteiger partial charge >= 0.3 is 5.97 Å². The SMILES string of the molecule is Cc1c(Cc2ccccc2)c2cc(F)ccc2n1CC(=O)O. The lowest BCUT2D eigenvalue weighted by molar-refractivity contribution is -0.137. The van der Waals surface area contributed by atoms with Gasteiger partial charge in [-0.05, 0) is 42.7 Å². The maximum absolute atomic E-state index is 13.6. The van der Waals surface area contributed by atoms with E-state index in [0.717, 1.165) is 27.7 Å². The highest BCUT2D eigenvalue weighted by molar-refractivity contribution is 5.87. The van der Waals surface area contributed by atoms with Crippen molar-refractivity contribution in [2.75, 3.05) is 0 Å². The molecule has 0 aliphatic heterocycles. The van der Waals surface area contributed by atoms with Crippen LogP contribution in [0.1, 0.15) is 16.8 Å². The molecular formula is C18H16FNO2. The van der Waals surface area contributed by atoms with Crippen LogP contribution in [0.3, 0.4) is 0 Å². The van der Waals surface area contributed by atoms with Gasteiger partial charge in [-0.2, -0.15) is 0 Å². The van der Waals surface area contributed by atoms with E-state index in [4.69, 9.17) is 5.11 Å². The number of benzene rings is 2. The maximum Gasteiger partial charge on any atom is 0.323 e. The quantitative estimate of drug-likeness (QED) is 0.796. The highest BCUT2D eigenvalue weighted by Crippen LogP contribution is 2.28. The topological polar surface area (TPSA) is 42.2 Å². The van der Waals surface area contributed by atoms with Crippen LogP contribution in [-0.4, -0.2) is 15.6 Å². The Labute approximate surface area is 127 Å². The van der Waals surface area contributed by atoms with Gasteiger partial charge in [-0.25, -0.2) is 4.39 Å². The third-order valence-electron chi connectivity index (χ3n) is 3.93. The average molecular weight is 297 g/mol. The molecule has 0 atom stereocenters. The number of carboxylic acid groups (broad SMARTS) is 1. The second kappa shape index (κ2) is 5.64. The fraction of sp³-hybridized carbons (Fsp3) is 0.167. The Morgan fingerprint density at radius 1 is 1.18 bits per heavy atom. The zero-order chi connectivity index (χ0) is 15.7. The molecule has 1 N–H and O–H groups in total. The summed E-state index contributed by atoms with van der Waals surface area (Å²) in [6, 6.07) is 14.4. The largest absolute Gasteiger partial charge is 0.480 e. The summed E-state index contributed by atoms with van der Waals surface area (Å²) >= 11 is 0. The van der Waals surface area contributed by atoms with Crippen LogP contribution in [-0.2, 0) is 17.8 Å². The summed E-state index contributed by atoms with van der Waals surface area (Å²) in [6.45, 7) is 1.77. The lowest BCUT2D eigenvalue weighted by atomic mass is 10.0. The first-order valence-corrected chi connectivity index (χ1v) is 7.09. The van der Waals surface area contributed by atoms with Gasteiger partial charge in [-0.3, -0.25) is 4.79 Å². The molecule has 0 aliphatic carbocycles. The predicted octanol–water partition coefficient (Wildman–Crippen LogP) is 3.76. The van der Waals surface area contributed by atoms with Gasteiger partial charge in [0.25, 0.3) is 0 Å². The summed E-state index contributed by atoms with van der Waals surface area (Å²) in [4.78, 5) is 11.1. The van der Waals surface area contributed by atoms with Crippen LogP contribution in [0, 0.1) is 12.7 Å². The van der Waals surface area contributed by atoms with Crippen LogP contribution in [0.4, 0.5) is 4.39 Å². The van der Waals surface area contributed by atoms with Gasteiger partial charge in [-0.1, -0.05) is 30.3 Å². The summed E-state index contributed by atoms with van der Waals surface area (Å²) in [5.74, 6) is -1.22. The normalized spacial score (nSPS) is 11.0. The fourth-order valence-corrected chi connectivity index (χ4v) is 2.89. The van der Waals surface area contributed by atoms with Crippen molar-refractivity contribution in [3.8, 4) is 0 Å². The third kappa shape index (κ3) is 2.60. The van der Waals surface area contributed by atoms with Gasteiger partial charge in [0, 0.05) is 16.6 Å². The van der Waals surface area contributed by atoms with Crippen molar-refractivity contribution in [2.45, 2.75) is 19.9 Å². The van der Waals surface area contributed by atoms with E-state index in [9.17, 15) is 9.18 Å². The van der Waals surface area contributed by atoms with Crippen molar-refractivity contribution >= 4 is 16.9 Å². The van der Waals surface area contributed by atoms with Crippen molar-refractivity contribution < 1.29 is 14.3 Å². The first-order chi connectivity index (χ1) is 10.6. The molecule has 3 nitrogen and oxygen atoms in total. The number of aromatic nitrogens is 1. The molecule has 0 unspecified atom stereocenters. The van der Waals surface area contributed by atoms with Gasteiger partial charge in [0.05, 0.1) is 0 Å². The minimum atomic E-state index is -0.907. The van der Waals surface area contributed by atoms with Crippen molar-refractivity contribution in [2.24, 2.45) is 0 Å². The summed E-state index contributed by atoms with van der Waals surface area (Å²) in [6.07, 6.45) is 0.652. The van der Waals surface area contributed by atoms with Crippen molar-refractivity contribution in [1.82, 2.24) is 4.57 Å². The fourth-order valence-electron chi connectivity index (χ4n) is 2.89. The molecule has 0 aliphatic rings. The molecule has 3 rings (SSSR count). The molecule has 4 heteroatoms. The second-order valence-corrected chi connectivity index (χ2v) is 5.37. The molecule has 0 spiro atoms. The van der Waals surface area contributed by atoms with E-state index in [1.165, 1.54) is 12.1 Å². The van der Waals surface area contributed by atoms with Crippen molar-refractivity contribution in [3.05, 3.63) is 71.2 Å². The van der Waals surface area contributed by atoms with Crippen LogP contribution in [0.15, 0.2) is 48.5 Å². The second-order valence-electron chi connectivity index (χ2n) is 5.37. The van der Waals surface area contributed by atoms with Gasteiger partial charge in [-0.15, -0.1) is 0 Å². The predicted molar refractivity (Wildman–Crippen MR) is 83.5 cm³/mol. The minimum absolute atomic E-state index is 0.122.